The molecule has 0 saturated carbocycles. The topological polar surface area (TPSA) is 67.5 Å². The molecular formula is C15H16O4S. The summed E-state index contributed by atoms with van der Waals surface area (Å²) < 4.78 is 17.6. The maximum Gasteiger partial charge on any atom is 0.339 e. The van der Waals surface area contributed by atoms with Crippen LogP contribution in [0.1, 0.15) is 33.0 Å². The van der Waals surface area contributed by atoms with Crippen molar-refractivity contribution in [2.75, 3.05) is 0 Å². The van der Waals surface area contributed by atoms with Gasteiger partial charge >= 0.3 is 5.97 Å². The monoisotopic (exact) mass is 292 g/mol. The fraction of sp³-hybridized carbons (Fsp3) is 0.267. The molecule has 2 rings (SSSR count). The SMILES string of the molecule is Cc1ccc(S(=O)Cc2cc(C(=O)O)c(C)o2)cc1C. The predicted octanol–water partition coefficient (Wildman–Crippen LogP) is 3.21. The van der Waals surface area contributed by atoms with Crippen LogP contribution >= 0.6 is 0 Å². The van der Waals surface area contributed by atoms with E-state index >= 15 is 0 Å². The number of carboxylic acids is 1. The lowest BCUT2D eigenvalue weighted by Crippen LogP contribution is -1.97. The minimum atomic E-state index is -1.25. The van der Waals surface area contributed by atoms with Gasteiger partial charge in [-0.2, -0.15) is 0 Å². The second-order valence-electron chi connectivity index (χ2n) is 4.72. The van der Waals surface area contributed by atoms with Gasteiger partial charge in [0.05, 0.1) is 16.6 Å². The van der Waals surface area contributed by atoms with Gasteiger partial charge in [0.2, 0.25) is 0 Å². The van der Waals surface area contributed by atoms with Crippen molar-refractivity contribution in [1.29, 1.82) is 0 Å². The highest BCUT2D eigenvalue weighted by atomic mass is 32.2. The fourth-order valence-corrected chi connectivity index (χ4v) is 2.99. The lowest BCUT2D eigenvalue weighted by molar-refractivity contribution is 0.0695. The molecule has 1 unspecified atom stereocenters. The van der Waals surface area contributed by atoms with Gasteiger partial charge in [-0.3, -0.25) is 4.21 Å². The summed E-state index contributed by atoms with van der Waals surface area (Å²) in [6, 6.07) is 7.08. The first-order chi connectivity index (χ1) is 9.38. The molecular weight excluding hydrogens is 276 g/mol. The third kappa shape index (κ3) is 2.99. The van der Waals surface area contributed by atoms with Crippen molar-refractivity contribution in [3.8, 4) is 0 Å². The number of aromatic carboxylic acids is 1. The van der Waals surface area contributed by atoms with Crippen LogP contribution in [0, 0.1) is 20.8 Å². The molecule has 5 heteroatoms. The molecule has 0 radical (unpaired) electrons. The molecule has 2 aromatic rings. The second kappa shape index (κ2) is 5.63. The first-order valence-corrected chi connectivity index (χ1v) is 7.48. The van der Waals surface area contributed by atoms with E-state index < -0.39 is 16.8 Å². The molecule has 0 aliphatic rings. The number of benzene rings is 1. The van der Waals surface area contributed by atoms with Gasteiger partial charge in [0.1, 0.15) is 17.1 Å². The van der Waals surface area contributed by atoms with Crippen molar-refractivity contribution >= 4 is 16.8 Å². The zero-order chi connectivity index (χ0) is 14.9. The number of aryl methyl sites for hydroxylation is 3. The van der Waals surface area contributed by atoms with Crippen molar-refractivity contribution < 1.29 is 18.5 Å². The van der Waals surface area contributed by atoms with Crippen LogP contribution < -0.4 is 0 Å². The lowest BCUT2D eigenvalue weighted by atomic mass is 10.1. The van der Waals surface area contributed by atoms with Crippen molar-refractivity contribution in [3.63, 3.8) is 0 Å². The number of hydrogen-bond acceptors (Lipinski definition) is 3. The summed E-state index contributed by atoms with van der Waals surface area (Å²) in [6.45, 7) is 5.55. The molecule has 1 aromatic carbocycles. The number of carboxylic acid groups (broad SMARTS) is 1. The van der Waals surface area contributed by atoms with Gasteiger partial charge in [0, 0.05) is 4.90 Å². The van der Waals surface area contributed by atoms with Gasteiger partial charge in [-0.1, -0.05) is 6.07 Å². The van der Waals surface area contributed by atoms with Crippen LogP contribution in [0.25, 0.3) is 0 Å². The highest BCUT2D eigenvalue weighted by Gasteiger charge is 2.16. The van der Waals surface area contributed by atoms with E-state index in [-0.39, 0.29) is 11.3 Å². The van der Waals surface area contributed by atoms with E-state index in [1.165, 1.54) is 6.07 Å². The Kier molecular flexibility index (Phi) is 4.09. The molecule has 20 heavy (non-hydrogen) atoms. The Balaban J connectivity index is 2.21. The number of furan rings is 1. The van der Waals surface area contributed by atoms with E-state index in [9.17, 15) is 9.00 Å². The molecule has 0 spiro atoms. The van der Waals surface area contributed by atoms with Crippen LogP contribution in [0.3, 0.4) is 0 Å². The summed E-state index contributed by atoms with van der Waals surface area (Å²) in [7, 11) is -1.25. The number of hydrogen-bond donors (Lipinski definition) is 1. The van der Waals surface area contributed by atoms with Crippen LogP contribution in [0.4, 0.5) is 0 Å². The molecule has 0 bridgehead atoms. The molecule has 0 saturated heterocycles. The summed E-state index contributed by atoms with van der Waals surface area (Å²) in [5.41, 5.74) is 2.35. The first-order valence-electron chi connectivity index (χ1n) is 6.16. The van der Waals surface area contributed by atoms with Crippen LogP contribution in [-0.4, -0.2) is 15.3 Å². The van der Waals surface area contributed by atoms with Gasteiger partial charge in [-0.15, -0.1) is 0 Å². The standard InChI is InChI=1S/C15H16O4S/c1-9-4-5-13(6-10(9)2)20(18)8-12-7-14(15(16)17)11(3)19-12/h4-7H,8H2,1-3H3,(H,16,17). The molecule has 1 aromatic heterocycles. The second-order valence-corrected chi connectivity index (χ2v) is 6.17. The molecule has 106 valence electrons. The van der Waals surface area contributed by atoms with Crippen LogP contribution in [0.5, 0.6) is 0 Å². The average molecular weight is 292 g/mol. The molecule has 1 N–H and O–H groups in total. The molecule has 1 atom stereocenters. The van der Waals surface area contributed by atoms with E-state index in [1.807, 2.05) is 32.0 Å². The Morgan fingerprint density at radius 2 is 1.90 bits per heavy atom. The molecule has 0 amide bonds. The van der Waals surface area contributed by atoms with Crippen molar-refractivity contribution in [1.82, 2.24) is 0 Å². The molecule has 0 aliphatic carbocycles. The van der Waals surface area contributed by atoms with Crippen molar-refractivity contribution in [2.24, 2.45) is 0 Å². The normalized spacial score (nSPS) is 12.3. The smallest absolute Gasteiger partial charge is 0.339 e. The largest absolute Gasteiger partial charge is 0.478 e. The fourth-order valence-electron chi connectivity index (χ4n) is 1.90. The third-order valence-corrected chi connectivity index (χ3v) is 4.54. The van der Waals surface area contributed by atoms with Crippen LogP contribution in [0.15, 0.2) is 33.6 Å². The van der Waals surface area contributed by atoms with E-state index in [0.717, 1.165) is 16.0 Å². The van der Waals surface area contributed by atoms with E-state index in [2.05, 4.69) is 0 Å². The molecule has 0 aliphatic heterocycles. The maximum atomic E-state index is 12.3. The number of rotatable bonds is 4. The van der Waals surface area contributed by atoms with Gasteiger partial charge in [0.15, 0.2) is 0 Å². The third-order valence-electron chi connectivity index (χ3n) is 3.21. The quantitative estimate of drug-likeness (QED) is 0.939. The van der Waals surface area contributed by atoms with Crippen LogP contribution in [0.2, 0.25) is 0 Å². The zero-order valence-corrected chi connectivity index (χ0v) is 12.4. The Hall–Kier alpha value is -1.88. The summed E-state index contributed by atoms with van der Waals surface area (Å²) in [6.07, 6.45) is 0. The Labute approximate surface area is 119 Å². The first kappa shape index (κ1) is 14.5. The van der Waals surface area contributed by atoms with Crippen LogP contribution in [-0.2, 0) is 16.6 Å². The maximum absolute atomic E-state index is 12.3. The van der Waals surface area contributed by atoms with E-state index in [1.54, 1.807) is 6.92 Å². The minimum Gasteiger partial charge on any atom is -0.478 e. The lowest BCUT2D eigenvalue weighted by Gasteiger charge is -2.04. The average Bonchev–Trinajstić information content (AvgIpc) is 2.73. The van der Waals surface area contributed by atoms with E-state index in [0.29, 0.717) is 11.5 Å². The summed E-state index contributed by atoms with van der Waals surface area (Å²) in [4.78, 5) is 11.7. The van der Waals surface area contributed by atoms with Crippen molar-refractivity contribution in [3.05, 3.63) is 52.5 Å². The Morgan fingerprint density at radius 3 is 2.45 bits per heavy atom. The summed E-state index contributed by atoms with van der Waals surface area (Å²) in [5.74, 6) is -0.0908. The Morgan fingerprint density at radius 1 is 1.20 bits per heavy atom. The van der Waals surface area contributed by atoms with Gasteiger partial charge in [-0.25, -0.2) is 4.79 Å². The Bertz CT molecular complexity index is 685. The molecule has 0 fully saturated rings. The molecule has 4 nitrogen and oxygen atoms in total. The zero-order valence-electron chi connectivity index (χ0n) is 11.6. The highest BCUT2D eigenvalue weighted by molar-refractivity contribution is 7.84. The summed E-state index contributed by atoms with van der Waals surface area (Å²) >= 11 is 0. The highest BCUT2D eigenvalue weighted by Crippen LogP contribution is 2.20. The van der Waals surface area contributed by atoms with Crippen molar-refractivity contribution in [2.45, 2.75) is 31.4 Å². The predicted molar refractivity (Wildman–Crippen MR) is 76.4 cm³/mol. The van der Waals surface area contributed by atoms with Gasteiger partial charge in [-0.05, 0) is 50.1 Å². The number of carbonyl (C=O) groups is 1. The van der Waals surface area contributed by atoms with Gasteiger partial charge < -0.3 is 9.52 Å². The van der Waals surface area contributed by atoms with E-state index in [4.69, 9.17) is 9.52 Å². The minimum absolute atomic E-state index is 0.122. The molecule has 1 heterocycles. The summed E-state index contributed by atoms with van der Waals surface area (Å²) in [5, 5.41) is 8.96. The van der Waals surface area contributed by atoms with Gasteiger partial charge in [0.25, 0.3) is 0 Å².